The van der Waals surface area contributed by atoms with Gasteiger partial charge in [-0.2, -0.15) is 10.2 Å². The molecule has 1 aromatic heterocycles. The lowest BCUT2D eigenvalue weighted by Gasteiger charge is -2.09. The Morgan fingerprint density at radius 1 is 1.46 bits per heavy atom. The number of nitrogens with one attached hydrogen (secondary N) is 2. The normalized spacial score (nSPS) is 10.6. The van der Waals surface area contributed by atoms with Crippen LogP contribution in [-0.4, -0.2) is 46.5 Å². The highest BCUT2D eigenvalue weighted by atomic mass is 79.9. The number of carbonyl (C=O) groups is 2. The molecule has 0 saturated carbocycles. The van der Waals surface area contributed by atoms with Gasteiger partial charge in [0.15, 0.2) is 6.61 Å². The molecule has 0 atom stereocenters. The van der Waals surface area contributed by atoms with E-state index in [1.54, 1.807) is 25.1 Å². The van der Waals surface area contributed by atoms with Crippen molar-refractivity contribution in [2.45, 2.75) is 6.92 Å². The Hall–Kier alpha value is -2.75. The van der Waals surface area contributed by atoms with Gasteiger partial charge in [-0.25, -0.2) is 15.2 Å². The number of hydrogen-bond acceptors (Lipinski definition) is 7. The molecule has 1 heterocycles. The molecule has 0 spiro atoms. The van der Waals surface area contributed by atoms with Gasteiger partial charge in [0.1, 0.15) is 12.1 Å². The highest BCUT2D eigenvalue weighted by Gasteiger charge is 2.09. The predicted octanol–water partition coefficient (Wildman–Crippen LogP) is 1.27. The summed E-state index contributed by atoms with van der Waals surface area (Å²) in [4.78, 5) is 26.7. The van der Waals surface area contributed by atoms with Gasteiger partial charge in [0.25, 0.3) is 0 Å². The zero-order chi connectivity index (χ0) is 17.4. The smallest absolute Gasteiger partial charge is 0.344 e. The lowest BCUT2D eigenvalue weighted by molar-refractivity contribution is -0.145. The summed E-state index contributed by atoms with van der Waals surface area (Å²) in [5.74, 6) is -0.543. The van der Waals surface area contributed by atoms with E-state index in [4.69, 9.17) is 9.47 Å². The number of nitrogens with zero attached hydrogens (tertiary/aromatic N) is 3. The molecule has 0 unspecified atom stereocenters. The maximum absolute atomic E-state index is 11.7. The Labute approximate surface area is 145 Å². The van der Waals surface area contributed by atoms with Crippen LogP contribution in [0.25, 0.3) is 0 Å². The molecular formula is C14H14BrN5O4. The molecule has 2 N–H and O–H groups in total. The summed E-state index contributed by atoms with van der Waals surface area (Å²) in [6, 6.07) is 5.15. The van der Waals surface area contributed by atoms with Crippen LogP contribution >= 0.6 is 15.9 Å². The van der Waals surface area contributed by atoms with Gasteiger partial charge >= 0.3 is 11.9 Å². The summed E-state index contributed by atoms with van der Waals surface area (Å²) in [6.07, 6.45) is 2.60. The molecule has 0 aliphatic carbocycles. The van der Waals surface area contributed by atoms with E-state index in [1.165, 1.54) is 12.5 Å². The molecule has 1 amide bonds. The molecule has 126 valence electrons. The summed E-state index contributed by atoms with van der Waals surface area (Å²) < 4.78 is 11.0. The number of carbonyl (C=O) groups excluding carboxylic acids is 2. The van der Waals surface area contributed by atoms with Crippen LogP contribution in [0.15, 0.2) is 34.1 Å². The van der Waals surface area contributed by atoms with Crippen LogP contribution in [0.5, 0.6) is 5.75 Å². The minimum Gasteiger partial charge on any atom is -0.481 e. The number of amides is 1. The maximum Gasteiger partial charge on any atom is 0.344 e. The first-order valence-electron chi connectivity index (χ1n) is 6.87. The largest absolute Gasteiger partial charge is 0.481 e. The van der Waals surface area contributed by atoms with E-state index < -0.39 is 11.9 Å². The minimum atomic E-state index is -0.535. The van der Waals surface area contributed by atoms with E-state index in [-0.39, 0.29) is 19.0 Å². The van der Waals surface area contributed by atoms with Gasteiger partial charge in [-0.05, 0) is 25.1 Å². The maximum atomic E-state index is 11.7. The number of hydrogen-bond donors (Lipinski definition) is 2. The summed E-state index contributed by atoms with van der Waals surface area (Å²) >= 11 is 3.33. The Bertz CT molecular complexity index is 733. The molecule has 0 bridgehead atoms. The van der Waals surface area contributed by atoms with Crippen molar-refractivity contribution in [1.29, 1.82) is 0 Å². The van der Waals surface area contributed by atoms with Crippen molar-refractivity contribution in [2.24, 2.45) is 5.10 Å². The van der Waals surface area contributed by atoms with Crippen LogP contribution in [0.1, 0.15) is 23.1 Å². The Balaban J connectivity index is 2.02. The van der Waals surface area contributed by atoms with E-state index in [0.29, 0.717) is 11.3 Å². The summed E-state index contributed by atoms with van der Waals surface area (Å²) in [5.41, 5.74) is 2.86. The van der Waals surface area contributed by atoms with Gasteiger partial charge in [-0.15, -0.1) is 0 Å². The van der Waals surface area contributed by atoms with Crippen LogP contribution < -0.4 is 10.2 Å². The van der Waals surface area contributed by atoms with E-state index in [0.717, 1.165) is 4.47 Å². The zero-order valence-corrected chi connectivity index (χ0v) is 14.2. The number of hydrazone groups is 1. The molecule has 0 radical (unpaired) electrons. The zero-order valence-electron chi connectivity index (χ0n) is 12.7. The van der Waals surface area contributed by atoms with Crippen molar-refractivity contribution >= 4 is 34.0 Å². The van der Waals surface area contributed by atoms with Gasteiger partial charge in [0, 0.05) is 10.0 Å². The number of esters is 1. The van der Waals surface area contributed by atoms with Crippen LogP contribution in [0.3, 0.4) is 0 Å². The quantitative estimate of drug-likeness (QED) is 0.414. The first-order valence-corrected chi connectivity index (χ1v) is 7.66. The lowest BCUT2D eigenvalue weighted by Crippen LogP contribution is -2.19. The van der Waals surface area contributed by atoms with Crippen molar-refractivity contribution in [3.63, 3.8) is 0 Å². The van der Waals surface area contributed by atoms with Gasteiger partial charge < -0.3 is 9.47 Å². The number of H-pyrrole nitrogens is 1. The average molecular weight is 396 g/mol. The fourth-order valence-corrected chi connectivity index (χ4v) is 2.00. The third-order valence-corrected chi connectivity index (χ3v) is 3.12. The molecule has 10 heteroatoms. The first kappa shape index (κ1) is 17.6. The Morgan fingerprint density at radius 3 is 3.00 bits per heavy atom. The van der Waals surface area contributed by atoms with Gasteiger partial charge in [0.05, 0.1) is 12.8 Å². The van der Waals surface area contributed by atoms with Gasteiger partial charge in [-0.1, -0.05) is 15.9 Å². The van der Waals surface area contributed by atoms with Crippen molar-refractivity contribution in [2.75, 3.05) is 13.2 Å². The monoisotopic (exact) mass is 395 g/mol. The molecule has 0 aliphatic heterocycles. The van der Waals surface area contributed by atoms with Crippen molar-refractivity contribution in [1.82, 2.24) is 20.6 Å². The fourth-order valence-electron chi connectivity index (χ4n) is 1.62. The van der Waals surface area contributed by atoms with Crippen LogP contribution in [0.2, 0.25) is 0 Å². The Morgan fingerprint density at radius 2 is 2.29 bits per heavy atom. The van der Waals surface area contributed by atoms with E-state index in [1.807, 2.05) is 0 Å². The highest BCUT2D eigenvalue weighted by Crippen LogP contribution is 2.21. The van der Waals surface area contributed by atoms with Crippen LogP contribution in [0, 0.1) is 0 Å². The standard InChI is InChI=1S/C14H14BrN5O4/c1-2-23-12(21)7-24-11-4-3-10(15)5-9(11)6-17-20-14(22)13-16-8-18-19-13/h3-6,8H,2,7H2,1H3,(H,20,22)(H,16,18,19)/b17-6+. The molecule has 0 saturated heterocycles. The first-order chi connectivity index (χ1) is 11.6. The summed E-state index contributed by atoms with van der Waals surface area (Å²) in [7, 11) is 0. The Kier molecular flexibility index (Phi) is 6.43. The van der Waals surface area contributed by atoms with E-state index >= 15 is 0 Å². The van der Waals surface area contributed by atoms with Crippen LogP contribution in [-0.2, 0) is 9.53 Å². The highest BCUT2D eigenvalue weighted by molar-refractivity contribution is 9.10. The second-order valence-corrected chi connectivity index (χ2v) is 5.22. The number of rotatable bonds is 7. The van der Waals surface area contributed by atoms with Crippen LogP contribution in [0.4, 0.5) is 0 Å². The third-order valence-electron chi connectivity index (χ3n) is 2.62. The third kappa shape index (κ3) is 5.16. The SMILES string of the molecule is CCOC(=O)COc1ccc(Br)cc1/C=N/NC(=O)c1ncn[nH]1. The molecular weight excluding hydrogens is 382 g/mol. The van der Waals surface area contributed by atoms with Crippen molar-refractivity contribution < 1.29 is 19.1 Å². The summed E-state index contributed by atoms with van der Waals surface area (Å²) in [5, 5.41) is 9.83. The fraction of sp³-hybridized carbons (Fsp3) is 0.214. The topological polar surface area (TPSA) is 119 Å². The second-order valence-electron chi connectivity index (χ2n) is 4.31. The lowest BCUT2D eigenvalue weighted by atomic mass is 10.2. The second kappa shape index (κ2) is 8.77. The van der Waals surface area contributed by atoms with Gasteiger partial charge in [-0.3, -0.25) is 9.89 Å². The van der Waals surface area contributed by atoms with Crippen molar-refractivity contribution in [3.05, 3.63) is 40.4 Å². The number of halogens is 1. The van der Waals surface area contributed by atoms with Crippen molar-refractivity contribution in [3.8, 4) is 5.75 Å². The van der Waals surface area contributed by atoms with E-state index in [9.17, 15) is 9.59 Å². The molecule has 1 aromatic carbocycles. The number of benzene rings is 1. The van der Waals surface area contributed by atoms with E-state index in [2.05, 4.69) is 41.6 Å². The average Bonchev–Trinajstić information content (AvgIpc) is 3.09. The molecule has 24 heavy (non-hydrogen) atoms. The number of aromatic amines is 1. The number of ether oxygens (including phenoxy) is 2. The molecule has 0 fully saturated rings. The molecule has 2 aromatic rings. The minimum absolute atomic E-state index is 0.0418. The summed E-state index contributed by atoms with van der Waals surface area (Å²) in [6.45, 7) is 1.78. The molecule has 0 aliphatic rings. The number of aromatic nitrogens is 3. The molecule has 2 rings (SSSR count). The molecule has 9 nitrogen and oxygen atoms in total. The predicted molar refractivity (Wildman–Crippen MR) is 87.7 cm³/mol. The van der Waals surface area contributed by atoms with Gasteiger partial charge in [0.2, 0.25) is 5.82 Å².